The molecule has 36 heavy (non-hydrogen) atoms. The van der Waals surface area contributed by atoms with Crippen LogP contribution in [0.15, 0.2) is 29.8 Å². The lowest BCUT2D eigenvalue weighted by molar-refractivity contribution is -0.159. The third-order valence-electron chi connectivity index (χ3n) is 8.80. The standard InChI is InChI=1S/C29H41F2NO4/c1-18-12-25-24(9-7-20(3)29(25,34)14-28(18)36-21(4)33)19(2)15-32-11-5-6-23(16-32)35-17-22-8-10-26(30)27(31)13-22/h8,10,12-13,19-20,23-25,28,34H,5-7,9,11,14-17H2,1-4H3/t19-,20-,23?,24+,25-,28-,29-/m1/s1. The molecule has 3 aliphatic rings. The average molecular weight is 506 g/mol. The van der Waals surface area contributed by atoms with Crippen LogP contribution in [0.2, 0.25) is 0 Å². The number of rotatable bonds is 7. The molecule has 5 nitrogen and oxygen atoms in total. The van der Waals surface area contributed by atoms with E-state index in [9.17, 15) is 18.7 Å². The van der Waals surface area contributed by atoms with Crippen LogP contribution in [0.4, 0.5) is 8.78 Å². The molecule has 0 aromatic heterocycles. The van der Waals surface area contributed by atoms with Crippen LogP contribution >= 0.6 is 0 Å². The Balaban J connectivity index is 1.37. The van der Waals surface area contributed by atoms with E-state index in [2.05, 4.69) is 24.8 Å². The zero-order valence-corrected chi connectivity index (χ0v) is 22.0. The van der Waals surface area contributed by atoms with Crippen molar-refractivity contribution in [1.29, 1.82) is 0 Å². The van der Waals surface area contributed by atoms with Crippen LogP contribution in [0.1, 0.15) is 65.4 Å². The summed E-state index contributed by atoms with van der Waals surface area (Å²) in [5, 5.41) is 11.8. The monoisotopic (exact) mass is 505 g/mol. The van der Waals surface area contributed by atoms with Gasteiger partial charge in [-0.2, -0.15) is 0 Å². The quantitative estimate of drug-likeness (QED) is 0.405. The first-order chi connectivity index (χ1) is 17.1. The van der Waals surface area contributed by atoms with Crippen molar-refractivity contribution in [3.8, 4) is 0 Å². The second-order valence-corrected chi connectivity index (χ2v) is 11.4. The highest BCUT2D eigenvalue weighted by atomic mass is 19.2. The van der Waals surface area contributed by atoms with Crippen LogP contribution in [0.25, 0.3) is 0 Å². The van der Waals surface area contributed by atoms with Gasteiger partial charge < -0.3 is 19.5 Å². The number of likely N-dealkylation sites (tertiary alicyclic amines) is 1. The number of carbonyl (C=O) groups is 1. The van der Waals surface area contributed by atoms with Crippen molar-refractivity contribution in [2.24, 2.45) is 23.7 Å². The first kappa shape index (κ1) is 27.2. The Kier molecular flexibility index (Phi) is 8.52. The van der Waals surface area contributed by atoms with E-state index in [1.54, 1.807) is 6.07 Å². The molecule has 7 heteroatoms. The van der Waals surface area contributed by atoms with E-state index in [1.807, 2.05) is 6.92 Å². The summed E-state index contributed by atoms with van der Waals surface area (Å²) in [4.78, 5) is 14.0. The van der Waals surface area contributed by atoms with Gasteiger partial charge in [-0.05, 0) is 80.2 Å². The number of carbonyl (C=O) groups excluding carboxylic acids is 1. The Morgan fingerprint density at radius 1 is 1.25 bits per heavy atom. The van der Waals surface area contributed by atoms with Gasteiger partial charge in [0, 0.05) is 32.4 Å². The Morgan fingerprint density at radius 2 is 2.03 bits per heavy atom. The van der Waals surface area contributed by atoms with Gasteiger partial charge in [-0.15, -0.1) is 0 Å². The topological polar surface area (TPSA) is 59.0 Å². The van der Waals surface area contributed by atoms with Crippen LogP contribution in [-0.2, 0) is 20.9 Å². The zero-order valence-electron chi connectivity index (χ0n) is 22.0. The van der Waals surface area contributed by atoms with Gasteiger partial charge in [0.15, 0.2) is 11.6 Å². The predicted octanol–water partition coefficient (Wildman–Crippen LogP) is 5.26. The Labute approximate surface area is 213 Å². The predicted molar refractivity (Wildman–Crippen MR) is 134 cm³/mol. The normalized spacial score (nSPS) is 34.0. The number of hydrogen-bond acceptors (Lipinski definition) is 5. The highest BCUT2D eigenvalue weighted by Gasteiger charge is 2.52. The molecule has 1 heterocycles. The fourth-order valence-corrected chi connectivity index (χ4v) is 6.70. The van der Waals surface area contributed by atoms with Crippen molar-refractivity contribution in [2.45, 2.75) is 84.2 Å². The molecule has 1 saturated carbocycles. The molecule has 1 saturated heterocycles. The largest absolute Gasteiger partial charge is 0.458 e. The number of esters is 1. The smallest absolute Gasteiger partial charge is 0.303 e. The van der Waals surface area contributed by atoms with Crippen LogP contribution in [-0.4, -0.2) is 53.4 Å². The molecule has 0 spiro atoms. The van der Waals surface area contributed by atoms with Gasteiger partial charge >= 0.3 is 5.97 Å². The minimum absolute atomic E-state index is 0.0493. The Bertz CT molecular complexity index is 969. The van der Waals surface area contributed by atoms with E-state index in [4.69, 9.17) is 9.47 Å². The fraction of sp³-hybridized carbons (Fsp3) is 0.690. The summed E-state index contributed by atoms with van der Waals surface area (Å²) in [6.07, 6.45) is 6.37. The number of hydrogen-bond donors (Lipinski definition) is 1. The van der Waals surface area contributed by atoms with E-state index in [-0.39, 0.29) is 36.6 Å². The third kappa shape index (κ3) is 6.00. The molecule has 1 N–H and O–H groups in total. The molecule has 2 fully saturated rings. The van der Waals surface area contributed by atoms with Crippen molar-refractivity contribution in [1.82, 2.24) is 4.90 Å². The van der Waals surface area contributed by atoms with Gasteiger partial charge in [-0.3, -0.25) is 4.79 Å². The highest BCUT2D eigenvalue weighted by Crippen LogP contribution is 2.51. The van der Waals surface area contributed by atoms with Gasteiger partial charge in [0.2, 0.25) is 0 Å². The summed E-state index contributed by atoms with van der Waals surface area (Å²) in [5.41, 5.74) is 0.811. The summed E-state index contributed by atoms with van der Waals surface area (Å²) >= 11 is 0. The van der Waals surface area contributed by atoms with Crippen LogP contribution in [0, 0.1) is 35.3 Å². The van der Waals surface area contributed by atoms with E-state index in [0.29, 0.717) is 23.8 Å². The van der Waals surface area contributed by atoms with E-state index in [1.165, 1.54) is 13.0 Å². The summed E-state index contributed by atoms with van der Waals surface area (Å²) in [7, 11) is 0. The van der Waals surface area contributed by atoms with E-state index in [0.717, 1.165) is 57.0 Å². The molecule has 0 radical (unpaired) electrons. The molecule has 1 aromatic carbocycles. The van der Waals surface area contributed by atoms with Gasteiger partial charge in [0.25, 0.3) is 0 Å². The van der Waals surface area contributed by atoms with Crippen molar-refractivity contribution >= 4 is 5.97 Å². The maximum Gasteiger partial charge on any atom is 0.303 e. The number of ether oxygens (including phenoxy) is 2. The third-order valence-corrected chi connectivity index (χ3v) is 8.80. The average Bonchev–Trinajstić information content (AvgIpc) is 2.82. The van der Waals surface area contributed by atoms with Crippen LogP contribution in [0.5, 0.6) is 0 Å². The van der Waals surface area contributed by atoms with Gasteiger partial charge in [-0.25, -0.2) is 8.78 Å². The number of piperidine rings is 1. The first-order valence-electron chi connectivity index (χ1n) is 13.4. The molecule has 1 unspecified atom stereocenters. The van der Waals surface area contributed by atoms with E-state index < -0.39 is 17.2 Å². The minimum atomic E-state index is -0.866. The molecule has 2 aliphatic carbocycles. The molecule has 4 rings (SSSR count). The SMILES string of the molecule is CC(=O)O[C@@H]1C[C@@]2(O)[C@H](C)CC[C@@H]([C@H](C)CN3CCCC(OCc4ccc(F)c(F)c4)C3)[C@H]2C=C1C. The van der Waals surface area contributed by atoms with Crippen molar-refractivity contribution < 1.29 is 28.2 Å². The van der Waals surface area contributed by atoms with Crippen LogP contribution < -0.4 is 0 Å². The molecule has 1 aromatic rings. The summed E-state index contributed by atoms with van der Waals surface area (Å²) < 4.78 is 38.3. The molecule has 1 aliphatic heterocycles. The number of fused-ring (bicyclic) bond motifs is 1. The molecule has 0 amide bonds. The lowest BCUT2D eigenvalue weighted by Crippen LogP contribution is -2.56. The highest BCUT2D eigenvalue weighted by molar-refractivity contribution is 5.66. The molecule has 7 atom stereocenters. The number of aliphatic hydroxyl groups is 1. The molecule has 200 valence electrons. The summed E-state index contributed by atoms with van der Waals surface area (Å²) in [6.45, 7) is 10.9. The van der Waals surface area contributed by atoms with E-state index >= 15 is 0 Å². The number of halogens is 2. The fourth-order valence-electron chi connectivity index (χ4n) is 6.70. The minimum Gasteiger partial charge on any atom is -0.458 e. The lowest BCUT2D eigenvalue weighted by Gasteiger charge is -2.53. The van der Waals surface area contributed by atoms with Gasteiger partial charge in [0.05, 0.1) is 18.3 Å². The maximum absolute atomic E-state index is 13.5. The van der Waals surface area contributed by atoms with Crippen molar-refractivity contribution in [3.05, 3.63) is 47.0 Å². The molecular weight excluding hydrogens is 464 g/mol. The summed E-state index contributed by atoms with van der Waals surface area (Å²) in [5.74, 6) is -1.06. The van der Waals surface area contributed by atoms with Crippen molar-refractivity contribution in [2.75, 3.05) is 19.6 Å². The Morgan fingerprint density at radius 3 is 2.75 bits per heavy atom. The number of benzene rings is 1. The van der Waals surface area contributed by atoms with Gasteiger partial charge in [-0.1, -0.05) is 26.0 Å². The first-order valence-corrected chi connectivity index (χ1v) is 13.4. The van der Waals surface area contributed by atoms with Crippen molar-refractivity contribution in [3.63, 3.8) is 0 Å². The maximum atomic E-state index is 13.5. The second-order valence-electron chi connectivity index (χ2n) is 11.4. The van der Waals surface area contributed by atoms with Gasteiger partial charge in [0.1, 0.15) is 6.10 Å². The Hall–Kier alpha value is -1.83. The summed E-state index contributed by atoms with van der Waals surface area (Å²) in [6, 6.07) is 3.91. The van der Waals surface area contributed by atoms with Crippen LogP contribution in [0.3, 0.4) is 0 Å². The molecular formula is C29H41F2NO4. The molecule has 0 bridgehead atoms. The second kappa shape index (κ2) is 11.3. The lowest BCUT2D eigenvalue weighted by atomic mass is 9.57. The number of nitrogens with zero attached hydrogens (tertiary/aromatic N) is 1. The zero-order chi connectivity index (χ0) is 26.0.